The molecule has 0 spiro atoms. The molecular weight excluding hydrogens is 316 g/mol. The van der Waals surface area contributed by atoms with Crippen LogP contribution in [0.15, 0.2) is 35.7 Å². The van der Waals surface area contributed by atoms with E-state index < -0.39 is 24.0 Å². The van der Waals surface area contributed by atoms with Crippen molar-refractivity contribution in [2.45, 2.75) is 24.9 Å². The number of nitrogen functional groups attached to an aromatic ring is 1. The molecule has 122 valence electrons. The van der Waals surface area contributed by atoms with E-state index in [4.69, 9.17) is 11.5 Å². The summed E-state index contributed by atoms with van der Waals surface area (Å²) in [6, 6.07) is 7.39. The van der Waals surface area contributed by atoms with Crippen LogP contribution in [-0.2, 0) is 22.4 Å². The van der Waals surface area contributed by atoms with Gasteiger partial charge in [0.2, 0.25) is 5.91 Å². The van der Waals surface area contributed by atoms with Crippen molar-refractivity contribution < 1.29 is 14.7 Å². The number of carbonyl (C=O) groups excluding carboxylic acids is 1. The van der Waals surface area contributed by atoms with E-state index >= 15 is 0 Å². The molecule has 0 bridgehead atoms. The lowest BCUT2D eigenvalue weighted by Crippen LogP contribution is -2.50. The Morgan fingerprint density at radius 1 is 1.26 bits per heavy atom. The van der Waals surface area contributed by atoms with Crippen LogP contribution in [0.4, 0.5) is 5.13 Å². The molecule has 2 aromatic rings. The molecule has 0 aliphatic rings. The summed E-state index contributed by atoms with van der Waals surface area (Å²) in [5, 5.41) is 13.7. The Morgan fingerprint density at radius 2 is 1.96 bits per heavy atom. The summed E-state index contributed by atoms with van der Waals surface area (Å²) >= 11 is 1.22. The number of aliphatic carboxylic acids is 1. The largest absolute Gasteiger partial charge is 0.480 e. The standard InChI is InChI=1S/C15H18N4O3S/c16-11(6-9-4-2-1-3-5-9)13(20)19-12(14(21)22)7-10-8-23-15(17)18-10/h1-5,8,11-12H,6-7,16H2,(H2,17,18)(H,19,20)(H,21,22)/t11?,12-/m0/s1. The molecule has 0 aliphatic carbocycles. The van der Waals surface area contributed by atoms with Crippen LogP contribution in [0.3, 0.4) is 0 Å². The molecule has 1 aromatic carbocycles. The van der Waals surface area contributed by atoms with Crippen LogP contribution in [-0.4, -0.2) is 34.1 Å². The van der Waals surface area contributed by atoms with Crippen molar-refractivity contribution in [1.82, 2.24) is 10.3 Å². The van der Waals surface area contributed by atoms with E-state index in [0.29, 0.717) is 17.2 Å². The molecule has 7 nitrogen and oxygen atoms in total. The minimum Gasteiger partial charge on any atom is -0.480 e. The van der Waals surface area contributed by atoms with Crippen LogP contribution in [0.5, 0.6) is 0 Å². The zero-order valence-electron chi connectivity index (χ0n) is 12.3. The number of nitrogens with one attached hydrogen (secondary N) is 1. The summed E-state index contributed by atoms with van der Waals surface area (Å²) in [5.74, 6) is -1.65. The number of carboxylic acids is 1. The van der Waals surface area contributed by atoms with Crippen LogP contribution < -0.4 is 16.8 Å². The minimum atomic E-state index is -1.14. The fraction of sp³-hybridized carbons (Fsp3) is 0.267. The van der Waals surface area contributed by atoms with Crippen molar-refractivity contribution in [3.05, 3.63) is 47.0 Å². The smallest absolute Gasteiger partial charge is 0.326 e. The lowest BCUT2D eigenvalue weighted by Gasteiger charge is -2.17. The van der Waals surface area contributed by atoms with Crippen LogP contribution >= 0.6 is 11.3 Å². The van der Waals surface area contributed by atoms with Gasteiger partial charge >= 0.3 is 5.97 Å². The number of nitrogens with two attached hydrogens (primary N) is 2. The van der Waals surface area contributed by atoms with E-state index in [1.807, 2.05) is 30.3 Å². The first kappa shape index (κ1) is 16.9. The second-order valence-electron chi connectivity index (χ2n) is 5.08. The topological polar surface area (TPSA) is 131 Å². The third kappa shape index (κ3) is 5.04. The van der Waals surface area contributed by atoms with Crippen molar-refractivity contribution in [2.24, 2.45) is 5.73 Å². The lowest BCUT2D eigenvalue weighted by molar-refractivity contribution is -0.142. The van der Waals surface area contributed by atoms with Gasteiger partial charge in [-0.3, -0.25) is 4.79 Å². The molecule has 1 aromatic heterocycles. The molecule has 0 aliphatic heterocycles. The van der Waals surface area contributed by atoms with Gasteiger partial charge in [0.05, 0.1) is 11.7 Å². The number of aromatic nitrogens is 1. The first-order chi connectivity index (χ1) is 11.0. The maximum atomic E-state index is 12.1. The highest BCUT2D eigenvalue weighted by atomic mass is 32.1. The van der Waals surface area contributed by atoms with Crippen LogP contribution in [0.25, 0.3) is 0 Å². The number of hydrogen-bond donors (Lipinski definition) is 4. The van der Waals surface area contributed by atoms with E-state index in [1.54, 1.807) is 5.38 Å². The summed E-state index contributed by atoms with van der Waals surface area (Å²) in [6.07, 6.45) is 0.398. The fourth-order valence-electron chi connectivity index (χ4n) is 2.07. The molecule has 0 saturated heterocycles. The highest BCUT2D eigenvalue weighted by Gasteiger charge is 2.24. The predicted molar refractivity (Wildman–Crippen MR) is 87.9 cm³/mol. The molecule has 6 N–H and O–H groups in total. The predicted octanol–water partition coefficient (Wildman–Crippen LogP) is 0.407. The maximum absolute atomic E-state index is 12.1. The Morgan fingerprint density at radius 3 is 2.52 bits per heavy atom. The quantitative estimate of drug-likeness (QED) is 0.580. The van der Waals surface area contributed by atoms with Crippen LogP contribution in [0, 0.1) is 0 Å². The second kappa shape index (κ2) is 7.70. The highest BCUT2D eigenvalue weighted by Crippen LogP contribution is 2.13. The Labute approximate surface area is 137 Å². The normalized spacial score (nSPS) is 13.3. The molecule has 0 radical (unpaired) electrons. The van der Waals surface area contributed by atoms with Gasteiger partial charge in [-0.15, -0.1) is 11.3 Å². The summed E-state index contributed by atoms with van der Waals surface area (Å²) < 4.78 is 0. The van der Waals surface area contributed by atoms with Gasteiger partial charge in [0.15, 0.2) is 5.13 Å². The molecule has 0 saturated carbocycles. The van der Waals surface area contributed by atoms with Gasteiger partial charge in [-0.2, -0.15) is 0 Å². The van der Waals surface area contributed by atoms with Gasteiger partial charge in [-0.25, -0.2) is 9.78 Å². The van der Waals surface area contributed by atoms with Gasteiger partial charge in [0.25, 0.3) is 0 Å². The number of thiazole rings is 1. The van der Waals surface area contributed by atoms with Crippen molar-refractivity contribution in [3.8, 4) is 0 Å². The van der Waals surface area contributed by atoms with Crippen molar-refractivity contribution in [1.29, 1.82) is 0 Å². The van der Waals surface area contributed by atoms with Gasteiger partial charge in [0, 0.05) is 11.8 Å². The number of rotatable bonds is 7. The van der Waals surface area contributed by atoms with E-state index in [-0.39, 0.29) is 6.42 Å². The second-order valence-corrected chi connectivity index (χ2v) is 5.97. The SMILES string of the molecule is Nc1nc(C[C@H](NC(=O)C(N)Cc2ccccc2)C(=O)O)cs1. The van der Waals surface area contributed by atoms with Gasteiger partial charge < -0.3 is 21.9 Å². The zero-order chi connectivity index (χ0) is 16.8. The lowest BCUT2D eigenvalue weighted by atomic mass is 10.1. The number of anilines is 1. The van der Waals surface area contributed by atoms with Gasteiger partial charge in [-0.05, 0) is 12.0 Å². The third-order valence-electron chi connectivity index (χ3n) is 3.23. The average molecular weight is 334 g/mol. The van der Waals surface area contributed by atoms with E-state index in [9.17, 15) is 14.7 Å². The molecule has 1 unspecified atom stereocenters. The maximum Gasteiger partial charge on any atom is 0.326 e. The minimum absolute atomic E-state index is 0.0623. The Bertz CT molecular complexity index is 674. The Balaban J connectivity index is 1.95. The van der Waals surface area contributed by atoms with Crippen LogP contribution in [0.1, 0.15) is 11.3 Å². The molecular formula is C15H18N4O3S. The molecule has 1 heterocycles. The summed E-state index contributed by atoms with van der Waals surface area (Å²) in [7, 11) is 0. The molecule has 2 atom stereocenters. The summed E-state index contributed by atoms with van der Waals surface area (Å²) in [5.41, 5.74) is 12.8. The molecule has 0 fully saturated rings. The first-order valence-corrected chi connectivity index (χ1v) is 7.86. The number of carboxylic acid groups (broad SMARTS) is 1. The van der Waals surface area contributed by atoms with E-state index in [2.05, 4.69) is 10.3 Å². The Hall–Kier alpha value is -2.45. The zero-order valence-corrected chi connectivity index (χ0v) is 13.1. The molecule has 8 heteroatoms. The monoisotopic (exact) mass is 334 g/mol. The van der Waals surface area contributed by atoms with Gasteiger partial charge in [-0.1, -0.05) is 30.3 Å². The van der Waals surface area contributed by atoms with Crippen molar-refractivity contribution >= 4 is 28.3 Å². The van der Waals surface area contributed by atoms with Crippen LogP contribution in [0.2, 0.25) is 0 Å². The number of benzene rings is 1. The molecule has 23 heavy (non-hydrogen) atoms. The van der Waals surface area contributed by atoms with E-state index in [0.717, 1.165) is 5.56 Å². The van der Waals surface area contributed by atoms with Gasteiger partial charge in [0.1, 0.15) is 6.04 Å². The van der Waals surface area contributed by atoms with E-state index in [1.165, 1.54) is 11.3 Å². The molecule has 1 amide bonds. The highest BCUT2D eigenvalue weighted by molar-refractivity contribution is 7.13. The Kier molecular flexibility index (Phi) is 5.67. The van der Waals surface area contributed by atoms with Crippen molar-refractivity contribution in [2.75, 3.05) is 5.73 Å². The fourth-order valence-corrected chi connectivity index (χ4v) is 2.64. The summed E-state index contributed by atoms with van der Waals surface area (Å²) in [4.78, 5) is 27.4. The first-order valence-electron chi connectivity index (χ1n) is 6.98. The number of amides is 1. The molecule has 2 rings (SSSR count). The average Bonchev–Trinajstić information content (AvgIpc) is 2.92. The number of carbonyl (C=O) groups is 2. The summed E-state index contributed by atoms with van der Waals surface area (Å²) in [6.45, 7) is 0. The number of nitrogens with zero attached hydrogens (tertiary/aromatic N) is 1. The number of hydrogen-bond acceptors (Lipinski definition) is 6. The van der Waals surface area contributed by atoms with Crippen molar-refractivity contribution in [3.63, 3.8) is 0 Å². The third-order valence-corrected chi connectivity index (χ3v) is 3.96.